The van der Waals surface area contributed by atoms with E-state index in [1.165, 1.54) is 0 Å². The molecule has 0 bridgehead atoms. The summed E-state index contributed by atoms with van der Waals surface area (Å²) < 4.78 is 28.2. The van der Waals surface area contributed by atoms with Crippen LogP contribution in [0.25, 0.3) is 0 Å². The van der Waals surface area contributed by atoms with Crippen LogP contribution in [0.1, 0.15) is 49.4 Å². The van der Waals surface area contributed by atoms with E-state index in [1.807, 2.05) is 20.8 Å². The van der Waals surface area contributed by atoms with Gasteiger partial charge in [0.15, 0.2) is 15.5 Å². The van der Waals surface area contributed by atoms with Crippen LogP contribution in [-0.4, -0.2) is 48.5 Å². The second kappa shape index (κ2) is 5.55. The molecule has 6 nitrogen and oxygen atoms in total. The normalized spacial score (nSPS) is 21.3. The van der Waals surface area contributed by atoms with E-state index in [1.54, 1.807) is 11.0 Å². The highest BCUT2D eigenvalue weighted by Gasteiger charge is 2.35. The lowest BCUT2D eigenvalue weighted by Crippen LogP contribution is -2.41. The fraction of sp³-hybridized carbons (Fsp3) is 0.692. The molecule has 0 N–H and O–H groups in total. The van der Waals surface area contributed by atoms with Crippen LogP contribution in [0, 0.1) is 0 Å². The summed E-state index contributed by atoms with van der Waals surface area (Å²) in [5.41, 5.74) is 0.250. The van der Waals surface area contributed by atoms with Gasteiger partial charge in [-0.3, -0.25) is 4.79 Å². The Kier molecular flexibility index (Phi) is 4.17. The summed E-state index contributed by atoms with van der Waals surface area (Å²) in [6.45, 7) is 6.21. The second-order valence-corrected chi connectivity index (χ2v) is 7.65. The number of sulfone groups is 1. The Morgan fingerprint density at radius 2 is 2.25 bits per heavy atom. The van der Waals surface area contributed by atoms with Gasteiger partial charge in [0.1, 0.15) is 5.76 Å². The number of hydrogen-bond acceptors (Lipinski definition) is 5. The molecular formula is C13H20N2O4S. The van der Waals surface area contributed by atoms with Gasteiger partial charge in [-0.05, 0) is 13.3 Å². The van der Waals surface area contributed by atoms with E-state index < -0.39 is 9.84 Å². The third-order valence-electron chi connectivity index (χ3n) is 3.57. The molecule has 112 valence electrons. The van der Waals surface area contributed by atoms with E-state index in [9.17, 15) is 13.2 Å². The molecule has 1 fully saturated rings. The number of nitrogens with zero attached hydrogens (tertiary/aromatic N) is 2. The maximum absolute atomic E-state index is 12.4. The first kappa shape index (κ1) is 15.0. The molecule has 0 aliphatic carbocycles. The first-order chi connectivity index (χ1) is 9.34. The van der Waals surface area contributed by atoms with Gasteiger partial charge in [0, 0.05) is 24.6 Å². The molecule has 1 aliphatic rings. The molecule has 2 heterocycles. The van der Waals surface area contributed by atoms with E-state index in [4.69, 9.17) is 4.52 Å². The summed E-state index contributed by atoms with van der Waals surface area (Å²) >= 11 is 0. The van der Waals surface area contributed by atoms with Crippen LogP contribution < -0.4 is 0 Å². The Morgan fingerprint density at radius 3 is 2.70 bits per heavy atom. The zero-order chi connectivity index (χ0) is 14.9. The highest BCUT2D eigenvalue weighted by Crippen LogP contribution is 2.21. The minimum Gasteiger partial charge on any atom is -0.360 e. The first-order valence-electron chi connectivity index (χ1n) is 6.82. The molecule has 0 radical (unpaired) electrons. The van der Waals surface area contributed by atoms with Crippen LogP contribution in [-0.2, 0) is 9.84 Å². The molecular weight excluding hydrogens is 280 g/mol. The van der Waals surface area contributed by atoms with E-state index in [0.29, 0.717) is 18.7 Å². The van der Waals surface area contributed by atoms with E-state index in [0.717, 1.165) is 0 Å². The van der Waals surface area contributed by atoms with Crippen molar-refractivity contribution in [3.63, 3.8) is 0 Å². The molecule has 2 rings (SSSR count). The predicted octanol–water partition coefficient (Wildman–Crippen LogP) is 1.45. The van der Waals surface area contributed by atoms with Gasteiger partial charge in [0.05, 0.1) is 11.5 Å². The van der Waals surface area contributed by atoms with E-state index in [2.05, 4.69) is 5.16 Å². The van der Waals surface area contributed by atoms with Gasteiger partial charge in [0.25, 0.3) is 5.91 Å². The zero-order valence-corrected chi connectivity index (χ0v) is 12.8. The highest BCUT2D eigenvalue weighted by molar-refractivity contribution is 7.91. The van der Waals surface area contributed by atoms with Crippen LogP contribution in [0.15, 0.2) is 10.6 Å². The molecule has 1 aromatic rings. The summed E-state index contributed by atoms with van der Waals surface area (Å²) in [7, 11) is -3.01. The lowest BCUT2D eigenvalue weighted by Gasteiger charge is -2.25. The number of amides is 1. The summed E-state index contributed by atoms with van der Waals surface area (Å²) in [6, 6.07) is 1.38. The minimum absolute atomic E-state index is 0.0431. The lowest BCUT2D eigenvalue weighted by atomic mass is 10.1. The molecule has 7 heteroatoms. The molecule has 1 saturated heterocycles. The lowest BCUT2D eigenvalue weighted by molar-refractivity contribution is 0.0697. The van der Waals surface area contributed by atoms with Gasteiger partial charge < -0.3 is 9.42 Å². The van der Waals surface area contributed by atoms with Crippen molar-refractivity contribution in [2.75, 3.05) is 18.1 Å². The summed E-state index contributed by atoms with van der Waals surface area (Å²) in [5, 5.41) is 3.80. The standard InChI is InChI=1S/C13H20N2O4S/c1-4-15(10-5-6-20(17,18)8-10)13(16)11-7-12(9(2)3)19-14-11/h7,9-10H,4-6,8H2,1-3H3. The van der Waals surface area contributed by atoms with Crippen molar-refractivity contribution in [2.24, 2.45) is 0 Å². The Balaban J connectivity index is 2.16. The molecule has 0 spiro atoms. The monoisotopic (exact) mass is 300 g/mol. The van der Waals surface area contributed by atoms with Crippen molar-refractivity contribution >= 4 is 15.7 Å². The highest BCUT2D eigenvalue weighted by atomic mass is 32.2. The Morgan fingerprint density at radius 1 is 1.55 bits per heavy atom. The van der Waals surface area contributed by atoms with Crippen LogP contribution in [0.3, 0.4) is 0 Å². The summed E-state index contributed by atoms with van der Waals surface area (Å²) in [5.74, 6) is 0.749. The molecule has 1 aromatic heterocycles. The maximum atomic E-state index is 12.4. The van der Waals surface area contributed by atoms with Gasteiger partial charge in [-0.25, -0.2) is 8.42 Å². The van der Waals surface area contributed by atoms with Crippen molar-refractivity contribution in [3.8, 4) is 0 Å². The van der Waals surface area contributed by atoms with Crippen molar-refractivity contribution in [1.29, 1.82) is 0 Å². The molecule has 1 unspecified atom stereocenters. The number of aromatic nitrogens is 1. The minimum atomic E-state index is -3.01. The van der Waals surface area contributed by atoms with Crippen molar-refractivity contribution in [1.82, 2.24) is 10.1 Å². The number of carbonyl (C=O) groups excluding carboxylic acids is 1. The van der Waals surface area contributed by atoms with Crippen molar-refractivity contribution in [3.05, 3.63) is 17.5 Å². The molecule has 20 heavy (non-hydrogen) atoms. The molecule has 1 aliphatic heterocycles. The molecule has 1 amide bonds. The topological polar surface area (TPSA) is 80.5 Å². The van der Waals surface area contributed by atoms with Crippen LogP contribution in [0.5, 0.6) is 0 Å². The maximum Gasteiger partial charge on any atom is 0.276 e. The Bertz CT molecular complexity index is 591. The SMILES string of the molecule is CCN(C(=O)c1cc(C(C)C)on1)C1CCS(=O)(=O)C1. The first-order valence-corrected chi connectivity index (χ1v) is 8.64. The summed E-state index contributed by atoms with van der Waals surface area (Å²) in [4.78, 5) is 14.0. The van der Waals surface area contributed by atoms with Crippen LogP contribution >= 0.6 is 0 Å². The smallest absolute Gasteiger partial charge is 0.276 e. The average Bonchev–Trinajstić information content (AvgIpc) is 2.97. The fourth-order valence-electron chi connectivity index (χ4n) is 2.40. The Hall–Kier alpha value is -1.37. The number of rotatable bonds is 4. The van der Waals surface area contributed by atoms with Crippen molar-refractivity contribution < 1.29 is 17.7 Å². The molecule has 1 atom stereocenters. The van der Waals surface area contributed by atoms with Gasteiger partial charge >= 0.3 is 0 Å². The van der Waals surface area contributed by atoms with Gasteiger partial charge in [0.2, 0.25) is 0 Å². The third-order valence-corrected chi connectivity index (χ3v) is 5.32. The van der Waals surface area contributed by atoms with Crippen LogP contribution in [0.4, 0.5) is 0 Å². The third kappa shape index (κ3) is 3.03. The van der Waals surface area contributed by atoms with Gasteiger partial charge in [-0.15, -0.1) is 0 Å². The predicted molar refractivity (Wildman–Crippen MR) is 74.4 cm³/mol. The average molecular weight is 300 g/mol. The number of carbonyl (C=O) groups is 1. The second-order valence-electron chi connectivity index (χ2n) is 5.42. The van der Waals surface area contributed by atoms with Crippen LogP contribution in [0.2, 0.25) is 0 Å². The quantitative estimate of drug-likeness (QED) is 0.840. The van der Waals surface area contributed by atoms with Gasteiger partial charge in [-0.2, -0.15) is 0 Å². The Labute approximate surface area is 119 Å². The van der Waals surface area contributed by atoms with E-state index in [-0.39, 0.29) is 35.1 Å². The van der Waals surface area contributed by atoms with Crippen molar-refractivity contribution in [2.45, 2.75) is 39.2 Å². The van der Waals surface area contributed by atoms with Gasteiger partial charge in [-0.1, -0.05) is 19.0 Å². The molecule has 0 saturated carbocycles. The largest absolute Gasteiger partial charge is 0.360 e. The summed E-state index contributed by atoms with van der Waals surface area (Å²) in [6.07, 6.45) is 0.497. The molecule has 0 aromatic carbocycles. The van der Waals surface area contributed by atoms with E-state index >= 15 is 0 Å². The zero-order valence-electron chi connectivity index (χ0n) is 12.0. The fourth-order valence-corrected chi connectivity index (χ4v) is 4.13. The number of hydrogen-bond donors (Lipinski definition) is 0.